The molecule has 0 aliphatic carbocycles. The molecule has 0 radical (unpaired) electrons. The lowest BCUT2D eigenvalue weighted by Crippen LogP contribution is -2.32. The van der Waals surface area contributed by atoms with Gasteiger partial charge < -0.3 is 4.74 Å². The van der Waals surface area contributed by atoms with Crippen LogP contribution in [0.1, 0.15) is 49.4 Å². The third-order valence-electron chi connectivity index (χ3n) is 5.17. The standard InChI is InChI=1S/C28H27N3O4/c1-28(2,3)35-27(32)25(17-15-20-14-16-24(31(33)34)18-23(20)19-29)30-26(21-10-6-4-7-11-21)22-12-8-5-9-13-22/h4-14,16,18,25H,15,17H2,1-3H3/t25-/m0/s1. The molecule has 0 saturated heterocycles. The maximum atomic E-state index is 13.2. The van der Waals surface area contributed by atoms with E-state index in [1.54, 1.807) is 26.8 Å². The molecule has 0 heterocycles. The van der Waals surface area contributed by atoms with Crippen molar-refractivity contribution in [3.8, 4) is 6.07 Å². The fourth-order valence-corrected chi connectivity index (χ4v) is 3.56. The second-order valence-corrected chi connectivity index (χ2v) is 9.01. The first-order valence-electron chi connectivity index (χ1n) is 11.3. The zero-order valence-corrected chi connectivity index (χ0v) is 20.0. The summed E-state index contributed by atoms with van der Waals surface area (Å²) < 4.78 is 5.67. The molecule has 0 spiro atoms. The number of hydrogen-bond donors (Lipinski definition) is 0. The minimum atomic E-state index is -0.841. The predicted molar refractivity (Wildman–Crippen MR) is 134 cm³/mol. The maximum absolute atomic E-state index is 13.2. The molecule has 0 aromatic heterocycles. The van der Waals surface area contributed by atoms with Gasteiger partial charge in [-0.3, -0.25) is 15.1 Å². The summed E-state index contributed by atoms with van der Waals surface area (Å²) >= 11 is 0. The predicted octanol–water partition coefficient (Wildman–Crippen LogP) is 5.65. The number of non-ortho nitro benzene ring substituents is 1. The van der Waals surface area contributed by atoms with Crippen LogP contribution in [-0.2, 0) is 16.0 Å². The topological polar surface area (TPSA) is 106 Å². The van der Waals surface area contributed by atoms with E-state index in [0.29, 0.717) is 17.7 Å². The first-order chi connectivity index (χ1) is 16.7. The first-order valence-corrected chi connectivity index (χ1v) is 11.3. The Kier molecular flexibility index (Phi) is 8.11. The van der Waals surface area contributed by atoms with E-state index < -0.39 is 22.5 Å². The minimum Gasteiger partial charge on any atom is -0.458 e. The van der Waals surface area contributed by atoms with Gasteiger partial charge in [-0.05, 0) is 39.2 Å². The van der Waals surface area contributed by atoms with E-state index in [4.69, 9.17) is 9.73 Å². The third-order valence-corrected chi connectivity index (χ3v) is 5.17. The quantitative estimate of drug-likeness (QED) is 0.183. The van der Waals surface area contributed by atoms with Crippen LogP contribution in [0.25, 0.3) is 0 Å². The van der Waals surface area contributed by atoms with Crippen molar-refractivity contribution in [2.24, 2.45) is 4.99 Å². The van der Waals surface area contributed by atoms with Crippen LogP contribution in [0.15, 0.2) is 83.9 Å². The molecule has 0 N–H and O–H groups in total. The summed E-state index contributed by atoms with van der Waals surface area (Å²) in [4.78, 5) is 28.6. The number of benzene rings is 3. The molecule has 0 aliphatic rings. The number of nitro groups is 1. The van der Waals surface area contributed by atoms with Crippen molar-refractivity contribution in [1.82, 2.24) is 0 Å². The Bertz CT molecular complexity index is 1220. The van der Waals surface area contributed by atoms with E-state index in [1.807, 2.05) is 66.7 Å². The Hall–Kier alpha value is -4.31. The van der Waals surface area contributed by atoms with E-state index in [9.17, 15) is 20.2 Å². The number of aliphatic imine (C=N–C) groups is 1. The first kappa shape index (κ1) is 25.3. The second kappa shape index (κ2) is 11.2. The minimum absolute atomic E-state index is 0.151. The van der Waals surface area contributed by atoms with Crippen molar-refractivity contribution < 1.29 is 14.5 Å². The lowest BCUT2D eigenvalue weighted by molar-refractivity contribution is -0.384. The lowest BCUT2D eigenvalue weighted by atomic mass is 9.98. The molecule has 0 aliphatic heterocycles. The number of nitro benzene ring substituents is 1. The molecule has 0 saturated carbocycles. The van der Waals surface area contributed by atoms with Gasteiger partial charge in [0, 0.05) is 23.3 Å². The summed E-state index contributed by atoms with van der Waals surface area (Å²) in [6.45, 7) is 5.39. The van der Waals surface area contributed by atoms with Crippen LogP contribution in [0.2, 0.25) is 0 Å². The number of aryl methyl sites for hydroxylation is 1. The smallest absolute Gasteiger partial charge is 0.331 e. The molecule has 0 bridgehead atoms. The number of ether oxygens (including phenoxy) is 1. The average Bonchev–Trinajstić information content (AvgIpc) is 2.84. The zero-order valence-electron chi connectivity index (χ0n) is 20.0. The lowest BCUT2D eigenvalue weighted by Gasteiger charge is -2.23. The van der Waals surface area contributed by atoms with Crippen molar-refractivity contribution in [2.75, 3.05) is 0 Å². The third kappa shape index (κ3) is 7.08. The summed E-state index contributed by atoms with van der Waals surface area (Å²) in [5, 5.41) is 20.6. The largest absolute Gasteiger partial charge is 0.458 e. The second-order valence-electron chi connectivity index (χ2n) is 9.01. The number of hydrogen-bond acceptors (Lipinski definition) is 6. The van der Waals surface area contributed by atoms with E-state index in [0.717, 1.165) is 11.1 Å². The van der Waals surface area contributed by atoms with Gasteiger partial charge in [-0.2, -0.15) is 5.26 Å². The molecule has 7 heteroatoms. The van der Waals surface area contributed by atoms with Crippen molar-refractivity contribution in [3.63, 3.8) is 0 Å². The van der Waals surface area contributed by atoms with Crippen LogP contribution >= 0.6 is 0 Å². The monoisotopic (exact) mass is 469 g/mol. The van der Waals surface area contributed by atoms with Crippen LogP contribution in [0.4, 0.5) is 5.69 Å². The Balaban J connectivity index is 2.01. The number of carbonyl (C=O) groups excluding carboxylic acids is 1. The van der Waals surface area contributed by atoms with Crippen molar-refractivity contribution >= 4 is 17.4 Å². The molecule has 0 amide bonds. The normalized spacial score (nSPS) is 11.7. The van der Waals surface area contributed by atoms with Crippen molar-refractivity contribution in [3.05, 3.63) is 111 Å². The molecule has 0 fully saturated rings. The van der Waals surface area contributed by atoms with E-state index in [2.05, 4.69) is 0 Å². The van der Waals surface area contributed by atoms with Gasteiger partial charge in [-0.1, -0.05) is 66.7 Å². The van der Waals surface area contributed by atoms with Gasteiger partial charge in [0.25, 0.3) is 5.69 Å². The van der Waals surface area contributed by atoms with Gasteiger partial charge in [-0.15, -0.1) is 0 Å². The van der Waals surface area contributed by atoms with Crippen LogP contribution in [0.5, 0.6) is 0 Å². The Morgan fingerprint density at radius 3 is 2.09 bits per heavy atom. The highest BCUT2D eigenvalue weighted by Crippen LogP contribution is 2.22. The van der Waals surface area contributed by atoms with Gasteiger partial charge in [0.15, 0.2) is 0 Å². The number of nitrogens with zero attached hydrogens (tertiary/aromatic N) is 3. The Morgan fingerprint density at radius 1 is 1.03 bits per heavy atom. The highest BCUT2D eigenvalue weighted by Gasteiger charge is 2.26. The summed E-state index contributed by atoms with van der Waals surface area (Å²) in [5.74, 6) is -0.470. The Labute approximate surface area is 204 Å². The summed E-state index contributed by atoms with van der Waals surface area (Å²) in [5.41, 5.74) is 2.35. The molecule has 178 valence electrons. The Morgan fingerprint density at radius 2 is 1.60 bits per heavy atom. The van der Waals surface area contributed by atoms with E-state index in [-0.39, 0.29) is 17.7 Å². The van der Waals surface area contributed by atoms with Gasteiger partial charge in [0.1, 0.15) is 11.6 Å². The number of rotatable bonds is 8. The van der Waals surface area contributed by atoms with Crippen molar-refractivity contribution in [1.29, 1.82) is 5.26 Å². The molecule has 35 heavy (non-hydrogen) atoms. The molecule has 7 nitrogen and oxygen atoms in total. The molecule has 3 aromatic rings. The maximum Gasteiger partial charge on any atom is 0.331 e. The van der Waals surface area contributed by atoms with Gasteiger partial charge in [0.05, 0.1) is 22.3 Å². The van der Waals surface area contributed by atoms with Crippen LogP contribution in [-0.4, -0.2) is 28.2 Å². The fourth-order valence-electron chi connectivity index (χ4n) is 3.56. The molecule has 3 rings (SSSR count). The SMILES string of the molecule is CC(C)(C)OC(=O)[C@H](CCc1ccc([N+](=O)[O-])cc1C#N)N=C(c1ccccc1)c1ccccc1. The van der Waals surface area contributed by atoms with E-state index in [1.165, 1.54) is 12.1 Å². The molecule has 0 unspecified atom stereocenters. The van der Waals surface area contributed by atoms with Crippen molar-refractivity contribution in [2.45, 2.75) is 45.3 Å². The number of carbonyl (C=O) groups is 1. The van der Waals surface area contributed by atoms with Crippen LogP contribution < -0.4 is 0 Å². The summed E-state index contributed by atoms with van der Waals surface area (Å²) in [6, 6.07) is 24.5. The highest BCUT2D eigenvalue weighted by molar-refractivity contribution is 6.13. The zero-order chi connectivity index (χ0) is 25.4. The van der Waals surface area contributed by atoms with E-state index >= 15 is 0 Å². The average molecular weight is 470 g/mol. The number of nitriles is 1. The summed E-state index contributed by atoms with van der Waals surface area (Å²) in [7, 11) is 0. The molecular formula is C28H27N3O4. The molecule has 3 aromatic carbocycles. The van der Waals surface area contributed by atoms with Gasteiger partial charge in [0.2, 0.25) is 0 Å². The summed E-state index contributed by atoms with van der Waals surface area (Å²) in [6.07, 6.45) is 0.593. The van der Waals surface area contributed by atoms with Crippen LogP contribution in [0.3, 0.4) is 0 Å². The van der Waals surface area contributed by atoms with Crippen LogP contribution in [0, 0.1) is 21.4 Å². The molecular weight excluding hydrogens is 442 g/mol. The van der Waals surface area contributed by atoms with Gasteiger partial charge in [-0.25, -0.2) is 4.79 Å². The number of esters is 1. The fraction of sp³-hybridized carbons (Fsp3) is 0.250. The van der Waals surface area contributed by atoms with Gasteiger partial charge >= 0.3 is 5.97 Å². The highest BCUT2D eigenvalue weighted by atomic mass is 16.6. The molecule has 1 atom stereocenters.